The standard InChI is InChI=1S/C18H18N6O/c1-10-16(12-7-8-15(19)21-9-12)17(24-18(20)22-10)13-5-3-4-6-14(13)23-11(2)25/h3-9H,1-2H3,(H2,19,21)(H,23,25)(H2,20,22,24). The van der Waals surface area contributed by atoms with Crippen LogP contribution in [0.1, 0.15) is 12.6 Å². The molecule has 0 aliphatic rings. The van der Waals surface area contributed by atoms with Gasteiger partial charge in [-0.1, -0.05) is 18.2 Å². The average molecular weight is 334 g/mol. The highest BCUT2D eigenvalue weighted by molar-refractivity contribution is 5.96. The number of anilines is 3. The molecule has 0 bridgehead atoms. The second-order valence-corrected chi connectivity index (χ2v) is 5.59. The maximum Gasteiger partial charge on any atom is 0.221 e. The number of carbonyl (C=O) groups excluding carboxylic acids is 1. The van der Waals surface area contributed by atoms with Crippen molar-refractivity contribution < 1.29 is 4.79 Å². The van der Waals surface area contributed by atoms with E-state index in [4.69, 9.17) is 11.5 Å². The molecule has 0 radical (unpaired) electrons. The molecule has 0 unspecified atom stereocenters. The van der Waals surface area contributed by atoms with Crippen LogP contribution in [-0.2, 0) is 4.79 Å². The number of nitrogens with two attached hydrogens (primary N) is 2. The number of aromatic nitrogens is 3. The van der Waals surface area contributed by atoms with Crippen LogP contribution in [0.25, 0.3) is 22.4 Å². The summed E-state index contributed by atoms with van der Waals surface area (Å²) in [6, 6.07) is 11.0. The number of hydrogen-bond donors (Lipinski definition) is 3. The van der Waals surface area contributed by atoms with Gasteiger partial charge in [-0.25, -0.2) is 15.0 Å². The van der Waals surface area contributed by atoms with Crippen LogP contribution in [0.15, 0.2) is 42.6 Å². The molecule has 0 saturated carbocycles. The molecule has 0 spiro atoms. The smallest absolute Gasteiger partial charge is 0.221 e. The third kappa shape index (κ3) is 3.40. The van der Waals surface area contributed by atoms with Crippen molar-refractivity contribution in [3.05, 3.63) is 48.3 Å². The normalized spacial score (nSPS) is 10.5. The minimum Gasteiger partial charge on any atom is -0.384 e. The molecule has 0 aliphatic carbocycles. The third-order valence-electron chi connectivity index (χ3n) is 3.68. The van der Waals surface area contributed by atoms with Crippen LogP contribution in [0.2, 0.25) is 0 Å². The summed E-state index contributed by atoms with van der Waals surface area (Å²) in [4.78, 5) is 24.4. The molecule has 126 valence electrons. The predicted molar refractivity (Wildman–Crippen MR) is 98.6 cm³/mol. The van der Waals surface area contributed by atoms with Gasteiger partial charge in [0.25, 0.3) is 0 Å². The summed E-state index contributed by atoms with van der Waals surface area (Å²) in [5, 5.41) is 2.82. The van der Waals surface area contributed by atoms with Crippen LogP contribution in [0.5, 0.6) is 0 Å². The van der Waals surface area contributed by atoms with Gasteiger partial charge in [-0.05, 0) is 25.1 Å². The Hall–Kier alpha value is -3.48. The number of aryl methyl sites for hydroxylation is 1. The van der Waals surface area contributed by atoms with Crippen molar-refractivity contribution >= 4 is 23.4 Å². The largest absolute Gasteiger partial charge is 0.384 e. The lowest BCUT2D eigenvalue weighted by Crippen LogP contribution is -2.08. The van der Waals surface area contributed by atoms with E-state index in [2.05, 4.69) is 20.3 Å². The van der Waals surface area contributed by atoms with Crippen LogP contribution in [0.4, 0.5) is 17.5 Å². The van der Waals surface area contributed by atoms with Crippen molar-refractivity contribution in [1.82, 2.24) is 15.0 Å². The SMILES string of the molecule is CC(=O)Nc1ccccc1-c1nc(N)nc(C)c1-c1ccc(N)nc1. The Morgan fingerprint density at radius 1 is 1.08 bits per heavy atom. The molecule has 2 aromatic heterocycles. The molecule has 3 rings (SSSR count). The van der Waals surface area contributed by atoms with Crippen LogP contribution < -0.4 is 16.8 Å². The highest BCUT2D eigenvalue weighted by Gasteiger charge is 2.17. The fraction of sp³-hybridized carbons (Fsp3) is 0.111. The summed E-state index contributed by atoms with van der Waals surface area (Å²) in [7, 11) is 0. The van der Waals surface area contributed by atoms with E-state index in [1.165, 1.54) is 6.92 Å². The maximum absolute atomic E-state index is 11.5. The minimum absolute atomic E-state index is 0.164. The number of nitrogen functional groups attached to an aromatic ring is 2. The number of nitrogens with one attached hydrogen (secondary N) is 1. The number of pyridine rings is 1. The van der Waals surface area contributed by atoms with E-state index >= 15 is 0 Å². The first-order chi connectivity index (χ1) is 12.0. The molecule has 0 atom stereocenters. The summed E-state index contributed by atoms with van der Waals surface area (Å²) in [6.45, 7) is 3.31. The van der Waals surface area contributed by atoms with E-state index in [1.807, 2.05) is 37.3 Å². The Balaban J connectivity index is 2.27. The summed E-state index contributed by atoms with van der Waals surface area (Å²) >= 11 is 0. The fourth-order valence-electron chi connectivity index (χ4n) is 2.68. The van der Waals surface area contributed by atoms with Crippen molar-refractivity contribution in [2.45, 2.75) is 13.8 Å². The zero-order valence-electron chi connectivity index (χ0n) is 13.9. The molecular weight excluding hydrogens is 316 g/mol. The van der Waals surface area contributed by atoms with E-state index in [1.54, 1.807) is 12.3 Å². The second kappa shape index (κ2) is 6.56. The number of amides is 1. The quantitative estimate of drug-likeness (QED) is 0.677. The zero-order chi connectivity index (χ0) is 18.0. The summed E-state index contributed by atoms with van der Waals surface area (Å²) < 4.78 is 0. The molecule has 5 N–H and O–H groups in total. The highest BCUT2D eigenvalue weighted by atomic mass is 16.1. The lowest BCUT2D eigenvalue weighted by atomic mass is 9.98. The molecule has 1 amide bonds. The van der Waals surface area contributed by atoms with Gasteiger partial charge in [0.05, 0.1) is 17.1 Å². The molecule has 1 aromatic carbocycles. The lowest BCUT2D eigenvalue weighted by Gasteiger charge is -2.15. The second-order valence-electron chi connectivity index (χ2n) is 5.59. The number of rotatable bonds is 3. The monoisotopic (exact) mass is 334 g/mol. The summed E-state index contributed by atoms with van der Waals surface area (Å²) in [5.41, 5.74) is 15.9. The average Bonchev–Trinajstić information content (AvgIpc) is 2.55. The van der Waals surface area contributed by atoms with Crippen molar-refractivity contribution in [1.29, 1.82) is 0 Å². The molecule has 7 nitrogen and oxygen atoms in total. The van der Waals surface area contributed by atoms with E-state index in [-0.39, 0.29) is 11.9 Å². The van der Waals surface area contributed by atoms with E-state index in [0.717, 1.165) is 16.7 Å². The minimum atomic E-state index is -0.165. The first kappa shape index (κ1) is 16.4. The van der Waals surface area contributed by atoms with E-state index < -0.39 is 0 Å². The van der Waals surface area contributed by atoms with Gasteiger partial charge >= 0.3 is 0 Å². The van der Waals surface area contributed by atoms with Gasteiger partial charge in [0.15, 0.2) is 0 Å². The fourth-order valence-corrected chi connectivity index (χ4v) is 2.68. The maximum atomic E-state index is 11.5. The first-order valence-corrected chi connectivity index (χ1v) is 7.68. The molecule has 7 heteroatoms. The van der Waals surface area contributed by atoms with Crippen molar-refractivity contribution in [3.63, 3.8) is 0 Å². The van der Waals surface area contributed by atoms with Crippen LogP contribution in [0, 0.1) is 6.92 Å². The van der Waals surface area contributed by atoms with Gasteiger partial charge in [-0.2, -0.15) is 0 Å². The van der Waals surface area contributed by atoms with Crippen LogP contribution in [-0.4, -0.2) is 20.9 Å². The van der Waals surface area contributed by atoms with Crippen LogP contribution in [0.3, 0.4) is 0 Å². The molecule has 2 heterocycles. The molecule has 25 heavy (non-hydrogen) atoms. The molecule has 0 fully saturated rings. The van der Waals surface area contributed by atoms with Crippen molar-refractivity contribution in [2.24, 2.45) is 0 Å². The van der Waals surface area contributed by atoms with Crippen LogP contribution >= 0.6 is 0 Å². The predicted octanol–water partition coefficient (Wildman–Crippen LogP) is 2.64. The van der Waals surface area contributed by atoms with Crippen molar-refractivity contribution in [3.8, 4) is 22.4 Å². The Morgan fingerprint density at radius 2 is 1.84 bits per heavy atom. The number of benzene rings is 1. The Morgan fingerprint density at radius 3 is 2.52 bits per heavy atom. The van der Waals surface area contributed by atoms with Crippen molar-refractivity contribution in [2.75, 3.05) is 16.8 Å². The topological polar surface area (TPSA) is 120 Å². The van der Waals surface area contributed by atoms with Gasteiger partial charge in [-0.15, -0.1) is 0 Å². The zero-order valence-corrected chi connectivity index (χ0v) is 13.9. The Kier molecular flexibility index (Phi) is 4.30. The highest BCUT2D eigenvalue weighted by Crippen LogP contribution is 2.36. The number of hydrogen-bond acceptors (Lipinski definition) is 6. The van der Waals surface area contributed by atoms with Gasteiger partial charge in [-0.3, -0.25) is 4.79 Å². The van der Waals surface area contributed by atoms with E-state index in [9.17, 15) is 4.79 Å². The molecular formula is C18H18N6O. The molecule has 3 aromatic rings. The van der Waals surface area contributed by atoms with Gasteiger partial charge < -0.3 is 16.8 Å². The van der Waals surface area contributed by atoms with Gasteiger partial charge in [0.2, 0.25) is 11.9 Å². The number of carbonyl (C=O) groups is 1. The van der Waals surface area contributed by atoms with E-state index in [0.29, 0.717) is 22.9 Å². The van der Waals surface area contributed by atoms with Gasteiger partial charge in [0.1, 0.15) is 5.82 Å². The summed E-state index contributed by atoms with van der Waals surface area (Å²) in [6.07, 6.45) is 1.67. The lowest BCUT2D eigenvalue weighted by molar-refractivity contribution is -0.114. The Bertz CT molecular complexity index is 937. The first-order valence-electron chi connectivity index (χ1n) is 7.68. The Labute approximate surface area is 145 Å². The molecule has 0 aliphatic heterocycles. The molecule has 0 saturated heterocycles. The van der Waals surface area contributed by atoms with Gasteiger partial charge in [0, 0.05) is 29.8 Å². The third-order valence-corrected chi connectivity index (χ3v) is 3.68. The number of nitrogens with zero attached hydrogens (tertiary/aromatic N) is 3. The summed E-state index contributed by atoms with van der Waals surface area (Å²) in [5.74, 6) is 0.428. The number of para-hydroxylation sites is 1.